The van der Waals surface area contributed by atoms with E-state index in [1.165, 1.54) is 11.0 Å². The molecular weight excluding hydrogens is 428 g/mol. The molecule has 0 saturated heterocycles. The van der Waals surface area contributed by atoms with Gasteiger partial charge < -0.3 is 9.88 Å². The van der Waals surface area contributed by atoms with Crippen LogP contribution < -0.4 is 5.32 Å². The Balaban J connectivity index is 1.62. The van der Waals surface area contributed by atoms with E-state index < -0.39 is 6.04 Å². The highest BCUT2D eigenvalue weighted by molar-refractivity contribution is 6.30. The molecule has 7 nitrogen and oxygen atoms in total. The normalized spacial score (nSPS) is 13.9. The maximum absolute atomic E-state index is 13.2. The lowest BCUT2D eigenvalue weighted by Crippen LogP contribution is -2.31. The molecule has 164 valence electrons. The van der Waals surface area contributed by atoms with Crippen LogP contribution in [0.25, 0.3) is 0 Å². The van der Waals surface area contributed by atoms with Crippen molar-refractivity contribution in [3.63, 3.8) is 0 Å². The first-order valence-corrected chi connectivity index (χ1v) is 10.8. The molecule has 0 bridgehead atoms. The molecule has 4 rings (SSSR count). The molecule has 0 saturated carbocycles. The monoisotopic (exact) mass is 450 g/mol. The highest BCUT2D eigenvalue weighted by atomic mass is 35.5. The van der Waals surface area contributed by atoms with Gasteiger partial charge in [0.25, 0.3) is 17.7 Å². The van der Waals surface area contributed by atoms with Gasteiger partial charge in [-0.2, -0.15) is 0 Å². The first kappa shape index (κ1) is 21.8. The molecule has 1 aliphatic rings. The molecule has 3 aromatic rings. The zero-order valence-electron chi connectivity index (χ0n) is 17.8. The Morgan fingerprint density at radius 2 is 1.81 bits per heavy atom. The fourth-order valence-corrected chi connectivity index (χ4v) is 3.90. The average Bonchev–Trinajstić information content (AvgIpc) is 3.32. The summed E-state index contributed by atoms with van der Waals surface area (Å²) in [5, 5.41) is 3.59. The minimum Gasteiger partial charge on any atom is -0.338 e. The standard InChI is InChI=1S/C24H23ClN4O3/c1-3-4-12-29-23(31)18-10-7-16(14-19(18)24(29)32)22(30)27-20(21-26-11-13-28(21)2)15-5-8-17(25)9-6-15/h5-11,13-14,20H,3-4,12H2,1-2H3,(H,27,30)/t20-/m0/s1. The lowest BCUT2D eigenvalue weighted by atomic mass is 10.0. The molecule has 1 N–H and O–H groups in total. The molecule has 2 aromatic carbocycles. The quantitative estimate of drug-likeness (QED) is 0.551. The molecule has 0 radical (unpaired) electrons. The number of unbranched alkanes of at least 4 members (excludes halogenated alkanes) is 1. The number of rotatable bonds is 7. The van der Waals surface area contributed by atoms with Gasteiger partial charge in [0.1, 0.15) is 11.9 Å². The van der Waals surface area contributed by atoms with Crippen LogP contribution in [0.4, 0.5) is 0 Å². The van der Waals surface area contributed by atoms with Crippen LogP contribution in [0.2, 0.25) is 5.02 Å². The second kappa shape index (κ2) is 8.96. The Morgan fingerprint density at radius 1 is 1.09 bits per heavy atom. The van der Waals surface area contributed by atoms with Gasteiger partial charge in [-0.15, -0.1) is 0 Å². The number of halogens is 1. The molecule has 32 heavy (non-hydrogen) atoms. The predicted molar refractivity (Wildman–Crippen MR) is 121 cm³/mol. The molecule has 2 heterocycles. The summed E-state index contributed by atoms with van der Waals surface area (Å²) in [6, 6.07) is 11.3. The fourth-order valence-electron chi connectivity index (χ4n) is 3.77. The fraction of sp³-hybridized carbons (Fsp3) is 0.250. The first-order chi connectivity index (χ1) is 15.4. The first-order valence-electron chi connectivity index (χ1n) is 10.4. The number of hydrogen-bond donors (Lipinski definition) is 1. The van der Waals surface area contributed by atoms with Gasteiger partial charge in [0.05, 0.1) is 11.1 Å². The minimum absolute atomic E-state index is 0.263. The van der Waals surface area contributed by atoms with E-state index in [-0.39, 0.29) is 23.3 Å². The average molecular weight is 451 g/mol. The van der Waals surface area contributed by atoms with E-state index in [0.717, 1.165) is 18.4 Å². The van der Waals surface area contributed by atoms with Crippen molar-refractivity contribution >= 4 is 29.3 Å². The van der Waals surface area contributed by atoms with E-state index in [1.807, 2.05) is 30.7 Å². The summed E-state index contributed by atoms with van der Waals surface area (Å²) in [7, 11) is 1.85. The highest BCUT2D eigenvalue weighted by Crippen LogP contribution is 2.26. The van der Waals surface area contributed by atoms with Crippen molar-refractivity contribution in [2.75, 3.05) is 6.54 Å². The summed E-state index contributed by atoms with van der Waals surface area (Å²) in [5.74, 6) is -0.384. The summed E-state index contributed by atoms with van der Waals surface area (Å²) >= 11 is 6.03. The van der Waals surface area contributed by atoms with Crippen molar-refractivity contribution in [3.05, 3.63) is 88.0 Å². The van der Waals surface area contributed by atoms with Gasteiger partial charge in [0, 0.05) is 36.6 Å². The molecule has 0 fully saturated rings. The predicted octanol–water partition coefficient (Wildman–Crippen LogP) is 3.99. The summed E-state index contributed by atoms with van der Waals surface area (Å²) in [6.45, 7) is 2.38. The number of aromatic nitrogens is 2. The maximum atomic E-state index is 13.2. The number of carbonyl (C=O) groups is 3. The van der Waals surface area contributed by atoms with E-state index in [9.17, 15) is 14.4 Å². The third-order valence-electron chi connectivity index (χ3n) is 5.56. The van der Waals surface area contributed by atoms with E-state index in [0.29, 0.717) is 28.5 Å². The molecule has 0 aliphatic carbocycles. The Kier molecular flexibility index (Phi) is 6.10. The molecule has 1 aliphatic heterocycles. The van der Waals surface area contributed by atoms with Gasteiger partial charge in [0.2, 0.25) is 0 Å². The zero-order chi connectivity index (χ0) is 22.8. The van der Waals surface area contributed by atoms with E-state index in [2.05, 4.69) is 10.3 Å². The van der Waals surface area contributed by atoms with Crippen LogP contribution >= 0.6 is 11.6 Å². The number of carbonyl (C=O) groups excluding carboxylic acids is 3. The van der Waals surface area contributed by atoms with Crippen LogP contribution in [0.15, 0.2) is 54.9 Å². The summed E-state index contributed by atoms with van der Waals surface area (Å²) < 4.78 is 1.83. The van der Waals surface area contributed by atoms with Crippen molar-refractivity contribution in [3.8, 4) is 0 Å². The lowest BCUT2D eigenvalue weighted by molar-refractivity contribution is 0.0652. The third kappa shape index (κ3) is 4.03. The summed E-state index contributed by atoms with van der Waals surface area (Å²) in [5.41, 5.74) is 1.71. The zero-order valence-corrected chi connectivity index (χ0v) is 18.6. The van der Waals surface area contributed by atoms with Gasteiger partial charge in [-0.1, -0.05) is 37.1 Å². The molecule has 3 amide bonds. The number of aryl methyl sites for hydroxylation is 1. The third-order valence-corrected chi connectivity index (χ3v) is 5.82. The van der Waals surface area contributed by atoms with Crippen molar-refractivity contribution in [2.24, 2.45) is 7.05 Å². The number of amides is 3. The summed E-state index contributed by atoms with van der Waals surface area (Å²) in [4.78, 5) is 44.1. The molecule has 0 spiro atoms. The highest BCUT2D eigenvalue weighted by Gasteiger charge is 2.35. The number of hydrogen-bond acceptors (Lipinski definition) is 4. The number of benzene rings is 2. The Labute approximate surface area is 191 Å². The smallest absolute Gasteiger partial charge is 0.261 e. The van der Waals surface area contributed by atoms with Gasteiger partial charge in [-0.05, 0) is 42.3 Å². The lowest BCUT2D eigenvalue weighted by Gasteiger charge is -2.19. The van der Waals surface area contributed by atoms with Crippen LogP contribution in [0, 0.1) is 0 Å². The topological polar surface area (TPSA) is 84.3 Å². The summed E-state index contributed by atoms with van der Waals surface area (Å²) in [6.07, 6.45) is 5.08. The number of nitrogens with zero attached hydrogens (tertiary/aromatic N) is 3. The van der Waals surface area contributed by atoms with Crippen LogP contribution in [-0.2, 0) is 7.05 Å². The second-order valence-corrected chi connectivity index (χ2v) is 8.17. The Hall–Kier alpha value is -3.45. The number of fused-ring (bicyclic) bond motifs is 1. The van der Waals surface area contributed by atoms with Crippen LogP contribution in [-0.4, -0.2) is 38.7 Å². The number of imidazole rings is 1. The van der Waals surface area contributed by atoms with Crippen molar-refractivity contribution < 1.29 is 14.4 Å². The number of nitrogens with one attached hydrogen (secondary N) is 1. The van der Waals surface area contributed by atoms with Gasteiger partial charge in [-0.25, -0.2) is 4.98 Å². The van der Waals surface area contributed by atoms with Gasteiger partial charge >= 0.3 is 0 Å². The largest absolute Gasteiger partial charge is 0.338 e. The van der Waals surface area contributed by atoms with E-state index in [1.54, 1.807) is 36.7 Å². The van der Waals surface area contributed by atoms with Crippen LogP contribution in [0.3, 0.4) is 0 Å². The van der Waals surface area contributed by atoms with Crippen LogP contribution in [0.1, 0.15) is 68.3 Å². The van der Waals surface area contributed by atoms with Crippen LogP contribution in [0.5, 0.6) is 0 Å². The molecule has 1 aromatic heterocycles. The minimum atomic E-state index is -0.522. The molecule has 0 unspecified atom stereocenters. The van der Waals surface area contributed by atoms with Gasteiger partial charge in [-0.3, -0.25) is 19.3 Å². The second-order valence-electron chi connectivity index (χ2n) is 7.73. The number of imide groups is 1. The maximum Gasteiger partial charge on any atom is 0.261 e. The SMILES string of the molecule is CCCCN1C(=O)c2ccc(C(=O)N[C@@H](c3ccc(Cl)cc3)c3nccn3C)cc2C1=O. The molecule has 8 heteroatoms. The van der Waals surface area contributed by atoms with Crippen molar-refractivity contribution in [2.45, 2.75) is 25.8 Å². The molecule has 1 atom stereocenters. The van der Waals surface area contributed by atoms with E-state index in [4.69, 9.17) is 11.6 Å². The molecular formula is C24H23ClN4O3. The Morgan fingerprint density at radius 3 is 2.47 bits per heavy atom. The van der Waals surface area contributed by atoms with E-state index >= 15 is 0 Å². The van der Waals surface area contributed by atoms with Crippen molar-refractivity contribution in [1.82, 2.24) is 19.8 Å². The van der Waals surface area contributed by atoms with Gasteiger partial charge in [0.15, 0.2) is 0 Å². The Bertz CT molecular complexity index is 1190. The van der Waals surface area contributed by atoms with Crippen molar-refractivity contribution in [1.29, 1.82) is 0 Å².